The van der Waals surface area contributed by atoms with Crippen LogP contribution in [0.15, 0.2) is 82.1 Å². The van der Waals surface area contributed by atoms with E-state index in [1.165, 1.54) is 18.2 Å². The minimum atomic E-state index is -3.98. The molecule has 0 amide bonds. The van der Waals surface area contributed by atoms with E-state index in [9.17, 15) is 21.9 Å². The number of aromatic amines is 1. The largest absolute Gasteiger partial charge is 0.861 e. The average molecular weight is 544 g/mol. The second-order valence-corrected chi connectivity index (χ2v) is 12.3. The summed E-state index contributed by atoms with van der Waals surface area (Å²) < 4.78 is 56.6. The number of H-pyrrole nitrogens is 1. The molecule has 2 heterocycles. The lowest BCUT2D eigenvalue weighted by atomic mass is 10.0. The molecule has 0 saturated heterocycles. The first-order chi connectivity index (χ1) is 17.1. The van der Waals surface area contributed by atoms with Gasteiger partial charge in [0.25, 0.3) is 10.0 Å². The first kappa shape index (κ1) is 24.4. The van der Waals surface area contributed by atoms with Gasteiger partial charge >= 0.3 is 0 Å². The van der Waals surface area contributed by atoms with Gasteiger partial charge in [0.15, 0.2) is 0 Å². The van der Waals surface area contributed by atoms with E-state index in [0.717, 1.165) is 5.52 Å². The van der Waals surface area contributed by atoms with Crippen molar-refractivity contribution in [1.82, 2.24) is 14.7 Å². The number of rotatable bonds is 7. The summed E-state index contributed by atoms with van der Waals surface area (Å²) in [6, 6.07) is 19.3. The Morgan fingerprint density at radius 3 is 2.47 bits per heavy atom. The molecule has 2 N–H and O–H groups in total. The number of fused-ring (bicyclic) bond motifs is 1. The fourth-order valence-corrected chi connectivity index (χ4v) is 7.14. The fourth-order valence-electron chi connectivity index (χ4n) is 4.16. The van der Waals surface area contributed by atoms with Crippen LogP contribution >= 0.6 is 11.6 Å². The van der Waals surface area contributed by atoms with E-state index in [2.05, 4.69) is 19.1 Å². The van der Waals surface area contributed by atoms with E-state index in [1.807, 2.05) is 24.3 Å². The number of imidazole rings is 1. The van der Waals surface area contributed by atoms with Gasteiger partial charge < -0.3 is 10.1 Å². The van der Waals surface area contributed by atoms with Crippen molar-refractivity contribution >= 4 is 48.6 Å². The molecule has 0 spiro atoms. The Labute approximate surface area is 213 Å². The molecule has 0 saturated carbocycles. The summed E-state index contributed by atoms with van der Waals surface area (Å²) in [5.74, 6) is -0.293. The molecular weight excluding hydrogens is 524 g/mol. The monoisotopic (exact) mass is 543 g/mol. The first-order valence-electron chi connectivity index (χ1n) is 10.9. The number of hydrogen-bond acceptors (Lipinski definition) is 6. The lowest BCUT2D eigenvalue weighted by molar-refractivity contribution is -0.217. The van der Waals surface area contributed by atoms with Crippen LogP contribution in [0.2, 0.25) is 5.02 Å². The maximum atomic E-state index is 13.1. The van der Waals surface area contributed by atoms with Gasteiger partial charge in [0, 0.05) is 5.02 Å². The summed E-state index contributed by atoms with van der Waals surface area (Å²) in [6.45, 7) is 0. The van der Waals surface area contributed by atoms with Crippen LogP contribution in [0.25, 0.3) is 11.0 Å². The number of benzene rings is 3. The number of halogens is 1. The summed E-state index contributed by atoms with van der Waals surface area (Å²) in [6.07, 6.45) is -0.0908. The highest BCUT2D eigenvalue weighted by Gasteiger charge is 2.33. The van der Waals surface area contributed by atoms with Gasteiger partial charge in [-0.15, -0.1) is 0 Å². The van der Waals surface area contributed by atoms with E-state index < -0.39 is 37.2 Å². The standard InChI is InChI=1S/C24H21ClN4O5S2/c25-18-12-15(10-11-17(18)22-14-23(30)29-36(22,33)34)13-21(24-26-19-8-4-5-9-20(19)27-24)28-35(31,32)16-6-2-1-3-7-16/h1-12,21-22,28H,13-14H2,(H,26,27)(H,29,30)/p-1/t21-,22-/m0/s1. The van der Waals surface area contributed by atoms with Crippen LogP contribution < -0.4 is 9.83 Å². The van der Waals surface area contributed by atoms with Crippen molar-refractivity contribution in [2.24, 2.45) is 4.40 Å². The third-order valence-electron chi connectivity index (χ3n) is 5.89. The van der Waals surface area contributed by atoms with Crippen molar-refractivity contribution in [1.29, 1.82) is 0 Å². The topological polar surface area (TPSA) is 144 Å². The lowest BCUT2D eigenvalue weighted by Gasteiger charge is -2.18. The molecule has 5 rings (SSSR count). The summed E-state index contributed by atoms with van der Waals surface area (Å²) >= 11 is 6.43. The molecular formula is C24H20ClN4O5S2-. The highest BCUT2D eigenvalue weighted by atomic mass is 35.5. The molecule has 2 atom stereocenters. The number of hydrogen-bond donors (Lipinski definition) is 2. The highest BCUT2D eigenvalue weighted by Crippen LogP contribution is 2.37. The minimum absolute atomic E-state index is 0.111. The van der Waals surface area contributed by atoms with Gasteiger partial charge in [-0.2, -0.15) is 4.40 Å². The summed E-state index contributed by atoms with van der Waals surface area (Å²) in [5, 5.41) is 10.6. The van der Waals surface area contributed by atoms with E-state index in [1.54, 1.807) is 30.3 Å². The zero-order chi connectivity index (χ0) is 25.5. The molecule has 186 valence electrons. The van der Waals surface area contributed by atoms with Gasteiger partial charge in [-0.1, -0.05) is 54.1 Å². The van der Waals surface area contributed by atoms with Gasteiger partial charge in [-0.05, 0) is 60.2 Å². The van der Waals surface area contributed by atoms with Gasteiger partial charge in [-0.3, -0.25) is 0 Å². The van der Waals surface area contributed by atoms with Gasteiger partial charge in [0.2, 0.25) is 10.0 Å². The molecule has 3 aromatic carbocycles. The third kappa shape index (κ3) is 4.87. The Kier molecular flexibility index (Phi) is 6.33. The van der Waals surface area contributed by atoms with Crippen LogP contribution in [0.5, 0.6) is 0 Å². The molecule has 1 aliphatic rings. The zero-order valence-corrected chi connectivity index (χ0v) is 21.0. The molecule has 0 radical (unpaired) electrons. The normalized spacial score (nSPS) is 18.2. The predicted molar refractivity (Wildman–Crippen MR) is 134 cm³/mol. The molecule has 0 bridgehead atoms. The van der Waals surface area contributed by atoms with Gasteiger partial charge in [-0.25, -0.2) is 26.5 Å². The smallest absolute Gasteiger partial charge is 0.259 e. The molecule has 1 aromatic heterocycles. The Balaban J connectivity index is 1.49. The number of nitrogens with zero attached hydrogens (tertiary/aromatic N) is 2. The van der Waals surface area contributed by atoms with Crippen molar-refractivity contribution in [3.8, 4) is 0 Å². The molecule has 0 fully saturated rings. The average Bonchev–Trinajstić information content (AvgIpc) is 3.38. The lowest BCUT2D eigenvalue weighted by Crippen LogP contribution is -2.31. The Hall–Kier alpha value is -3.25. The molecule has 0 aliphatic carbocycles. The van der Waals surface area contributed by atoms with Crippen LogP contribution in [-0.2, 0) is 26.5 Å². The van der Waals surface area contributed by atoms with Gasteiger partial charge in [0.05, 0.1) is 22.0 Å². The first-order valence-corrected chi connectivity index (χ1v) is 14.3. The van der Waals surface area contributed by atoms with Crippen LogP contribution in [-0.4, -0.2) is 32.7 Å². The second-order valence-electron chi connectivity index (χ2n) is 8.38. The summed E-state index contributed by atoms with van der Waals surface area (Å²) in [4.78, 5) is 7.86. The molecule has 4 aromatic rings. The maximum absolute atomic E-state index is 13.1. The van der Waals surface area contributed by atoms with Crippen LogP contribution in [0.4, 0.5) is 0 Å². The van der Waals surface area contributed by atoms with Crippen LogP contribution in [0.3, 0.4) is 0 Å². The van der Waals surface area contributed by atoms with E-state index in [0.29, 0.717) is 16.9 Å². The molecule has 9 nitrogen and oxygen atoms in total. The third-order valence-corrected chi connectivity index (χ3v) is 9.30. The second kappa shape index (κ2) is 9.32. The SMILES string of the molecule is O=S(=O)(N[C@@H](Cc1ccc([C@@H]2CC([O-])=NS2(=O)=O)c(Cl)c1)c1nc2ccccc2[nH]1)c1ccccc1. The van der Waals surface area contributed by atoms with Crippen molar-refractivity contribution in [3.63, 3.8) is 0 Å². The molecule has 0 unspecified atom stereocenters. The molecule has 36 heavy (non-hydrogen) atoms. The number of para-hydroxylation sites is 2. The predicted octanol–water partition coefficient (Wildman–Crippen LogP) is 3.01. The van der Waals surface area contributed by atoms with Gasteiger partial charge in [0.1, 0.15) is 11.1 Å². The number of aromatic nitrogens is 2. The quantitative estimate of drug-likeness (QED) is 0.366. The minimum Gasteiger partial charge on any atom is -0.861 e. The Morgan fingerprint density at radius 1 is 1.08 bits per heavy atom. The van der Waals surface area contributed by atoms with E-state index >= 15 is 0 Å². The van der Waals surface area contributed by atoms with Crippen molar-refractivity contribution < 1.29 is 21.9 Å². The molecule has 12 heteroatoms. The van der Waals surface area contributed by atoms with Crippen molar-refractivity contribution in [2.45, 2.75) is 29.0 Å². The van der Waals surface area contributed by atoms with Crippen molar-refractivity contribution in [2.75, 3.05) is 0 Å². The van der Waals surface area contributed by atoms with E-state index in [4.69, 9.17) is 11.6 Å². The zero-order valence-electron chi connectivity index (χ0n) is 18.6. The van der Waals surface area contributed by atoms with Crippen molar-refractivity contribution in [3.05, 3.63) is 94.8 Å². The Morgan fingerprint density at radius 2 is 1.81 bits per heavy atom. The number of sulfonamides is 2. The summed E-state index contributed by atoms with van der Waals surface area (Å²) in [5.41, 5.74) is 2.36. The Bertz CT molecular complexity index is 1650. The fraction of sp³-hybridized carbons (Fsp3) is 0.167. The molecule has 1 aliphatic heterocycles. The van der Waals surface area contributed by atoms with E-state index in [-0.39, 0.29) is 28.3 Å². The van der Waals surface area contributed by atoms with Crippen LogP contribution in [0.1, 0.15) is 34.7 Å². The number of nitrogens with one attached hydrogen (secondary N) is 2. The summed E-state index contributed by atoms with van der Waals surface area (Å²) in [7, 11) is -7.87. The highest BCUT2D eigenvalue weighted by molar-refractivity contribution is 7.91. The maximum Gasteiger partial charge on any atom is 0.259 e. The van der Waals surface area contributed by atoms with Crippen LogP contribution in [0, 0.1) is 0 Å².